The number of benzene rings is 2. The highest BCUT2D eigenvalue weighted by Gasteiger charge is 2.21. The molecular formula is C29H32N6O3. The summed E-state index contributed by atoms with van der Waals surface area (Å²) in [6.07, 6.45) is 8.27. The first kappa shape index (κ1) is 25.4. The number of hydrogen-bond acceptors (Lipinski definition) is 5. The lowest BCUT2D eigenvalue weighted by Gasteiger charge is -2.29. The van der Waals surface area contributed by atoms with Gasteiger partial charge in [-0.2, -0.15) is 5.10 Å². The van der Waals surface area contributed by atoms with Crippen LogP contribution in [0.5, 0.6) is 0 Å². The molecule has 0 unspecified atom stereocenters. The molecule has 0 saturated carbocycles. The standard InChI is InChI=1S/C29H32N6O3/c1-33-19-23(18-30-33)21-7-5-8-22(17-21)28(38)32-29-31-24(20-35(29)25-10-3-2-4-11-25)9-6-12-27(37)34-15-13-26(36)14-16-34/h2-5,7-8,10-11,17-20,26,36H,6,9,12-16H2,1H3,(H,31,32,38). The van der Waals surface area contributed by atoms with Crippen LogP contribution in [0, 0.1) is 0 Å². The normalized spacial score (nSPS) is 14.0. The van der Waals surface area contributed by atoms with E-state index >= 15 is 0 Å². The van der Waals surface area contributed by atoms with Crippen molar-refractivity contribution in [3.8, 4) is 16.8 Å². The van der Waals surface area contributed by atoms with Gasteiger partial charge in [-0.05, 0) is 55.5 Å². The van der Waals surface area contributed by atoms with Crippen LogP contribution in [0.4, 0.5) is 5.95 Å². The van der Waals surface area contributed by atoms with E-state index in [4.69, 9.17) is 4.98 Å². The third-order valence-electron chi connectivity index (χ3n) is 6.82. The Morgan fingerprint density at radius 1 is 1.03 bits per heavy atom. The average molecular weight is 513 g/mol. The number of carbonyl (C=O) groups is 2. The fourth-order valence-corrected chi connectivity index (χ4v) is 4.70. The highest BCUT2D eigenvalue weighted by molar-refractivity contribution is 6.04. The number of nitrogens with one attached hydrogen (secondary N) is 1. The summed E-state index contributed by atoms with van der Waals surface area (Å²) in [5, 5.41) is 16.9. The van der Waals surface area contributed by atoms with Gasteiger partial charge >= 0.3 is 0 Å². The smallest absolute Gasteiger partial charge is 0.258 e. The van der Waals surface area contributed by atoms with Crippen LogP contribution in [-0.2, 0) is 18.3 Å². The molecule has 0 aliphatic carbocycles. The van der Waals surface area contributed by atoms with E-state index < -0.39 is 0 Å². The highest BCUT2D eigenvalue weighted by atomic mass is 16.3. The Balaban J connectivity index is 1.29. The molecule has 2 amide bonds. The van der Waals surface area contributed by atoms with Gasteiger partial charge in [0, 0.05) is 55.8 Å². The van der Waals surface area contributed by atoms with E-state index in [-0.39, 0.29) is 17.9 Å². The largest absolute Gasteiger partial charge is 0.393 e. The summed E-state index contributed by atoms with van der Waals surface area (Å²) in [5.41, 5.74) is 4.05. The number of imidazole rings is 1. The number of nitrogens with zero attached hydrogens (tertiary/aromatic N) is 5. The number of para-hydroxylation sites is 1. The van der Waals surface area contributed by atoms with E-state index in [0.29, 0.717) is 56.7 Å². The molecule has 2 aromatic heterocycles. The van der Waals surface area contributed by atoms with Crippen LogP contribution in [0.15, 0.2) is 73.2 Å². The van der Waals surface area contributed by atoms with E-state index in [1.165, 1.54) is 0 Å². The number of likely N-dealkylation sites (tertiary alicyclic amines) is 1. The zero-order valence-corrected chi connectivity index (χ0v) is 21.5. The van der Waals surface area contributed by atoms with E-state index in [1.54, 1.807) is 16.9 Å². The summed E-state index contributed by atoms with van der Waals surface area (Å²) in [4.78, 5) is 32.4. The number of anilines is 1. The minimum atomic E-state index is -0.299. The van der Waals surface area contributed by atoms with Crippen LogP contribution in [0.2, 0.25) is 0 Å². The van der Waals surface area contributed by atoms with Gasteiger partial charge in [-0.1, -0.05) is 30.3 Å². The lowest BCUT2D eigenvalue weighted by molar-refractivity contribution is -0.133. The maximum atomic E-state index is 13.2. The maximum Gasteiger partial charge on any atom is 0.258 e. The molecule has 196 valence electrons. The number of aliphatic hydroxyl groups is 1. The number of aromatic nitrogens is 4. The molecule has 38 heavy (non-hydrogen) atoms. The first-order chi connectivity index (χ1) is 18.5. The average Bonchev–Trinajstić information content (AvgIpc) is 3.55. The van der Waals surface area contributed by atoms with E-state index in [9.17, 15) is 14.7 Å². The van der Waals surface area contributed by atoms with Crippen LogP contribution >= 0.6 is 0 Å². The second-order valence-corrected chi connectivity index (χ2v) is 9.66. The Bertz CT molecular complexity index is 1400. The van der Waals surface area contributed by atoms with Crippen LogP contribution in [0.3, 0.4) is 0 Å². The Morgan fingerprint density at radius 3 is 2.55 bits per heavy atom. The molecule has 9 heteroatoms. The number of hydrogen-bond donors (Lipinski definition) is 2. The van der Waals surface area contributed by atoms with Crippen molar-refractivity contribution < 1.29 is 14.7 Å². The van der Waals surface area contributed by atoms with Crippen molar-refractivity contribution in [2.24, 2.45) is 7.05 Å². The molecule has 0 spiro atoms. The van der Waals surface area contributed by atoms with E-state index in [2.05, 4.69) is 10.4 Å². The first-order valence-electron chi connectivity index (χ1n) is 13.0. The van der Waals surface area contributed by atoms with Gasteiger partial charge in [0.2, 0.25) is 11.9 Å². The summed E-state index contributed by atoms with van der Waals surface area (Å²) < 4.78 is 3.59. The molecule has 2 aromatic carbocycles. The fraction of sp³-hybridized carbons (Fsp3) is 0.310. The number of piperidine rings is 1. The number of carbonyl (C=O) groups excluding carboxylic acids is 2. The van der Waals surface area contributed by atoms with E-state index in [0.717, 1.165) is 22.5 Å². The topological polar surface area (TPSA) is 105 Å². The minimum absolute atomic E-state index is 0.112. The van der Waals surface area contributed by atoms with Crippen molar-refractivity contribution in [1.29, 1.82) is 0 Å². The van der Waals surface area contributed by atoms with Crippen LogP contribution in [-0.4, -0.2) is 60.3 Å². The SMILES string of the molecule is Cn1cc(-c2cccc(C(=O)Nc3nc(CCCC(=O)N4CCC(O)CC4)cn3-c3ccccc3)c2)cn1. The highest BCUT2D eigenvalue weighted by Crippen LogP contribution is 2.22. The molecule has 1 aliphatic rings. The number of amides is 2. The monoisotopic (exact) mass is 512 g/mol. The predicted octanol–water partition coefficient (Wildman–Crippen LogP) is 3.83. The summed E-state index contributed by atoms with van der Waals surface area (Å²) in [5.74, 6) is 0.285. The van der Waals surface area contributed by atoms with Crippen molar-refractivity contribution >= 4 is 17.8 Å². The third kappa shape index (κ3) is 6.00. The van der Waals surface area contributed by atoms with Gasteiger partial charge in [-0.15, -0.1) is 0 Å². The van der Waals surface area contributed by atoms with Gasteiger partial charge in [-0.3, -0.25) is 24.2 Å². The second-order valence-electron chi connectivity index (χ2n) is 9.66. The number of aliphatic hydroxyl groups excluding tert-OH is 1. The van der Waals surface area contributed by atoms with Crippen molar-refractivity contribution in [2.75, 3.05) is 18.4 Å². The molecule has 0 radical (unpaired) electrons. The quantitative estimate of drug-likeness (QED) is 0.373. The molecule has 9 nitrogen and oxygen atoms in total. The van der Waals surface area contributed by atoms with Gasteiger partial charge in [0.25, 0.3) is 5.91 Å². The summed E-state index contributed by atoms with van der Waals surface area (Å²) >= 11 is 0. The molecule has 1 aliphatic heterocycles. The molecule has 1 fully saturated rings. The van der Waals surface area contributed by atoms with Gasteiger partial charge in [0.1, 0.15) is 0 Å². The second kappa shape index (κ2) is 11.4. The van der Waals surface area contributed by atoms with Crippen molar-refractivity contribution in [3.05, 3.63) is 84.4 Å². The molecule has 1 saturated heterocycles. The van der Waals surface area contributed by atoms with Crippen molar-refractivity contribution in [3.63, 3.8) is 0 Å². The van der Waals surface area contributed by atoms with Crippen LogP contribution < -0.4 is 5.32 Å². The lowest BCUT2D eigenvalue weighted by atomic mass is 10.1. The maximum absolute atomic E-state index is 13.2. The molecular weight excluding hydrogens is 480 g/mol. The Morgan fingerprint density at radius 2 is 1.82 bits per heavy atom. The summed E-state index contributed by atoms with van der Waals surface area (Å²) in [7, 11) is 1.86. The molecule has 0 bridgehead atoms. The number of aryl methyl sites for hydroxylation is 2. The van der Waals surface area contributed by atoms with Crippen LogP contribution in [0.25, 0.3) is 16.8 Å². The zero-order valence-electron chi connectivity index (χ0n) is 21.5. The minimum Gasteiger partial charge on any atom is -0.393 e. The summed E-state index contributed by atoms with van der Waals surface area (Å²) in [6, 6.07) is 17.1. The fourth-order valence-electron chi connectivity index (χ4n) is 4.70. The lowest BCUT2D eigenvalue weighted by Crippen LogP contribution is -2.39. The predicted molar refractivity (Wildman–Crippen MR) is 145 cm³/mol. The van der Waals surface area contributed by atoms with Crippen molar-refractivity contribution in [1.82, 2.24) is 24.2 Å². The Kier molecular flexibility index (Phi) is 7.65. The molecule has 5 rings (SSSR count). The van der Waals surface area contributed by atoms with Crippen LogP contribution in [0.1, 0.15) is 41.7 Å². The molecule has 0 atom stereocenters. The van der Waals surface area contributed by atoms with E-state index in [1.807, 2.05) is 77.4 Å². The van der Waals surface area contributed by atoms with Gasteiger partial charge in [-0.25, -0.2) is 4.98 Å². The first-order valence-corrected chi connectivity index (χ1v) is 13.0. The van der Waals surface area contributed by atoms with Crippen molar-refractivity contribution in [2.45, 2.75) is 38.2 Å². The Labute approximate surface area is 221 Å². The van der Waals surface area contributed by atoms with Gasteiger partial charge in [0.15, 0.2) is 0 Å². The third-order valence-corrected chi connectivity index (χ3v) is 6.82. The number of rotatable bonds is 8. The molecule has 3 heterocycles. The van der Waals surface area contributed by atoms with Gasteiger partial charge < -0.3 is 10.0 Å². The molecule has 2 N–H and O–H groups in total. The van der Waals surface area contributed by atoms with Gasteiger partial charge in [0.05, 0.1) is 18.0 Å². The zero-order chi connectivity index (χ0) is 26.5. The molecule has 4 aromatic rings. The Hall–Kier alpha value is -4.24. The summed E-state index contributed by atoms with van der Waals surface area (Å²) in [6.45, 7) is 1.22.